The van der Waals surface area contributed by atoms with Gasteiger partial charge in [0.15, 0.2) is 0 Å². The van der Waals surface area contributed by atoms with E-state index in [0.29, 0.717) is 0 Å². The van der Waals surface area contributed by atoms with Gasteiger partial charge in [0.1, 0.15) is 11.6 Å². The van der Waals surface area contributed by atoms with E-state index in [1.54, 1.807) is 7.11 Å². The Bertz CT molecular complexity index is 833. The Labute approximate surface area is 160 Å². The van der Waals surface area contributed by atoms with Crippen molar-refractivity contribution in [1.29, 1.82) is 0 Å². The number of piperidine rings is 1. The standard InChI is InChI=1S/C20H25FN2O3S/c1-26-18-9-5-16(6-10-18)20(23-13-3-2-4-14-23)15-22-27(24,25)19-11-7-17(21)8-12-19/h5-12,20,22H,2-4,13-15H2,1H3/t20-/m1/s1. The molecule has 0 spiro atoms. The van der Waals surface area contributed by atoms with Gasteiger partial charge in [-0.1, -0.05) is 18.6 Å². The maximum atomic E-state index is 13.1. The number of benzene rings is 2. The molecule has 146 valence electrons. The molecule has 0 aromatic heterocycles. The zero-order valence-corrected chi connectivity index (χ0v) is 16.2. The first kappa shape index (κ1) is 19.8. The van der Waals surface area contributed by atoms with E-state index in [-0.39, 0.29) is 17.5 Å². The van der Waals surface area contributed by atoms with Crippen molar-refractivity contribution in [3.63, 3.8) is 0 Å². The summed E-state index contributed by atoms with van der Waals surface area (Å²) in [7, 11) is -2.08. The predicted octanol–water partition coefficient (Wildman–Crippen LogP) is 3.34. The van der Waals surface area contributed by atoms with Crippen LogP contribution in [0.3, 0.4) is 0 Å². The van der Waals surface area contributed by atoms with Crippen molar-refractivity contribution in [1.82, 2.24) is 9.62 Å². The fraction of sp³-hybridized carbons (Fsp3) is 0.400. The van der Waals surface area contributed by atoms with Gasteiger partial charge in [0.25, 0.3) is 0 Å². The van der Waals surface area contributed by atoms with Crippen LogP contribution in [0.25, 0.3) is 0 Å². The predicted molar refractivity (Wildman–Crippen MR) is 103 cm³/mol. The zero-order valence-electron chi connectivity index (χ0n) is 15.4. The van der Waals surface area contributed by atoms with Crippen LogP contribution in [0, 0.1) is 5.82 Å². The maximum Gasteiger partial charge on any atom is 0.240 e. The molecule has 1 N–H and O–H groups in total. The van der Waals surface area contributed by atoms with Crippen molar-refractivity contribution in [2.75, 3.05) is 26.7 Å². The lowest BCUT2D eigenvalue weighted by atomic mass is 10.0. The molecule has 2 aromatic carbocycles. The van der Waals surface area contributed by atoms with Crippen LogP contribution in [0.15, 0.2) is 53.4 Å². The zero-order chi connectivity index (χ0) is 19.3. The Hall–Kier alpha value is -1.96. The summed E-state index contributed by atoms with van der Waals surface area (Å²) in [6.07, 6.45) is 3.42. The summed E-state index contributed by atoms with van der Waals surface area (Å²) in [5.74, 6) is 0.307. The molecule has 0 radical (unpaired) electrons. The highest BCUT2D eigenvalue weighted by atomic mass is 32.2. The van der Waals surface area contributed by atoms with Gasteiger partial charge in [0.2, 0.25) is 10.0 Å². The highest BCUT2D eigenvalue weighted by molar-refractivity contribution is 7.89. The number of rotatable bonds is 7. The average molecular weight is 392 g/mol. The number of likely N-dealkylation sites (tertiary alicyclic amines) is 1. The van der Waals surface area contributed by atoms with Gasteiger partial charge in [-0.05, 0) is 67.9 Å². The smallest absolute Gasteiger partial charge is 0.240 e. The van der Waals surface area contributed by atoms with E-state index in [1.807, 2.05) is 24.3 Å². The minimum atomic E-state index is -3.70. The summed E-state index contributed by atoms with van der Waals surface area (Å²) in [6, 6.07) is 12.5. The molecule has 0 unspecified atom stereocenters. The average Bonchev–Trinajstić information content (AvgIpc) is 2.70. The van der Waals surface area contributed by atoms with Crippen LogP contribution in [-0.2, 0) is 10.0 Å². The van der Waals surface area contributed by atoms with E-state index in [2.05, 4.69) is 9.62 Å². The molecule has 1 fully saturated rings. The lowest BCUT2D eigenvalue weighted by Gasteiger charge is -2.35. The number of hydrogen-bond acceptors (Lipinski definition) is 4. The van der Waals surface area contributed by atoms with E-state index >= 15 is 0 Å². The fourth-order valence-electron chi connectivity index (χ4n) is 3.40. The lowest BCUT2D eigenvalue weighted by Crippen LogP contribution is -2.40. The number of sulfonamides is 1. The Morgan fingerprint density at radius 3 is 2.26 bits per heavy atom. The fourth-order valence-corrected chi connectivity index (χ4v) is 4.44. The van der Waals surface area contributed by atoms with E-state index < -0.39 is 15.8 Å². The Balaban J connectivity index is 1.78. The third-order valence-corrected chi connectivity index (χ3v) is 6.36. The molecule has 1 heterocycles. The molecule has 0 amide bonds. The number of nitrogens with zero attached hydrogens (tertiary/aromatic N) is 1. The van der Waals surface area contributed by atoms with Gasteiger partial charge in [-0.3, -0.25) is 4.90 Å². The number of ether oxygens (including phenoxy) is 1. The number of methoxy groups -OCH3 is 1. The molecule has 0 bridgehead atoms. The van der Waals surface area contributed by atoms with Crippen LogP contribution in [0.5, 0.6) is 5.75 Å². The summed E-state index contributed by atoms with van der Waals surface area (Å²) in [4.78, 5) is 2.38. The van der Waals surface area contributed by atoms with Crippen molar-refractivity contribution in [3.8, 4) is 5.75 Å². The number of hydrogen-bond donors (Lipinski definition) is 1. The first-order valence-corrected chi connectivity index (χ1v) is 10.6. The van der Waals surface area contributed by atoms with Gasteiger partial charge >= 0.3 is 0 Å². The molecule has 27 heavy (non-hydrogen) atoms. The van der Waals surface area contributed by atoms with Gasteiger partial charge in [-0.25, -0.2) is 17.5 Å². The van der Waals surface area contributed by atoms with Gasteiger partial charge in [0.05, 0.1) is 12.0 Å². The van der Waals surface area contributed by atoms with Gasteiger partial charge < -0.3 is 4.74 Å². The number of halogens is 1. The molecule has 1 aliphatic rings. The Morgan fingerprint density at radius 1 is 1.04 bits per heavy atom. The molecule has 7 heteroatoms. The third-order valence-electron chi connectivity index (χ3n) is 4.92. The minimum absolute atomic E-state index is 0.0635. The van der Waals surface area contributed by atoms with Crippen LogP contribution in [0.1, 0.15) is 30.9 Å². The van der Waals surface area contributed by atoms with E-state index in [9.17, 15) is 12.8 Å². The normalized spacial score (nSPS) is 16.8. The Kier molecular flexibility index (Phi) is 6.46. The van der Waals surface area contributed by atoms with Gasteiger partial charge in [-0.2, -0.15) is 0 Å². The summed E-state index contributed by atoms with van der Waals surface area (Å²) >= 11 is 0. The maximum absolute atomic E-state index is 13.1. The highest BCUT2D eigenvalue weighted by Crippen LogP contribution is 2.26. The second-order valence-electron chi connectivity index (χ2n) is 6.69. The molecule has 1 atom stereocenters. The van der Waals surface area contributed by atoms with Gasteiger partial charge in [-0.15, -0.1) is 0 Å². The topological polar surface area (TPSA) is 58.6 Å². The summed E-state index contributed by atoms with van der Waals surface area (Å²) in [5.41, 5.74) is 1.04. The molecule has 5 nitrogen and oxygen atoms in total. The molecule has 1 aliphatic heterocycles. The molecule has 0 aliphatic carbocycles. The second kappa shape index (κ2) is 8.82. The quantitative estimate of drug-likeness (QED) is 0.785. The third kappa shape index (κ3) is 5.06. The number of nitrogens with one attached hydrogen (secondary N) is 1. The lowest BCUT2D eigenvalue weighted by molar-refractivity contribution is 0.164. The van der Waals surface area contributed by atoms with Crippen LogP contribution >= 0.6 is 0 Å². The highest BCUT2D eigenvalue weighted by Gasteiger charge is 2.25. The van der Waals surface area contributed by atoms with Gasteiger partial charge in [0, 0.05) is 12.6 Å². The molecule has 3 rings (SSSR count). The van der Waals surface area contributed by atoms with E-state index in [1.165, 1.54) is 18.6 Å². The molecule has 0 saturated carbocycles. The van der Waals surface area contributed by atoms with Crippen molar-refractivity contribution >= 4 is 10.0 Å². The molecule has 1 saturated heterocycles. The van der Waals surface area contributed by atoms with Crippen molar-refractivity contribution in [2.45, 2.75) is 30.2 Å². The van der Waals surface area contributed by atoms with Crippen molar-refractivity contribution in [3.05, 3.63) is 59.9 Å². The molecular weight excluding hydrogens is 367 g/mol. The minimum Gasteiger partial charge on any atom is -0.497 e. The first-order chi connectivity index (χ1) is 13.0. The molecular formula is C20H25FN2O3S. The summed E-state index contributed by atoms with van der Waals surface area (Å²) in [6.45, 7) is 2.13. The van der Waals surface area contributed by atoms with Crippen LogP contribution in [0.4, 0.5) is 4.39 Å². The van der Waals surface area contributed by atoms with Crippen molar-refractivity contribution in [2.24, 2.45) is 0 Å². The monoisotopic (exact) mass is 392 g/mol. The summed E-state index contributed by atoms with van der Waals surface area (Å²) < 4.78 is 46.2. The van der Waals surface area contributed by atoms with E-state index in [0.717, 1.165) is 49.4 Å². The summed E-state index contributed by atoms with van der Waals surface area (Å²) in [5, 5.41) is 0. The second-order valence-corrected chi connectivity index (χ2v) is 8.46. The largest absolute Gasteiger partial charge is 0.497 e. The van der Waals surface area contributed by atoms with Crippen LogP contribution in [-0.4, -0.2) is 40.1 Å². The molecule has 2 aromatic rings. The van der Waals surface area contributed by atoms with E-state index in [4.69, 9.17) is 4.74 Å². The van der Waals surface area contributed by atoms with Crippen molar-refractivity contribution < 1.29 is 17.5 Å². The SMILES string of the molecule is COc1ccc([C@@H](CNS(=O)(=O)c2ccc(F)cc2)N2CCCCC2)cc1. The van der Waals surface area contributed by atoms with Crippen LogP contribution < -0.4 is 9.46 Å². The van der Waals surface area contributed by atoms with Crippen LogP contribution in [0.2, 0.25) is 0 Å². The Morgan fingerprint density at radius 2 is 1.67 bits per heavy atom. The first-order valence-electron chi connectivity index (χ1n) is 9.13.